The van der Waals surface area contributed by atoms with E-state index in [2.05, 4.69) is 9.97 Å². The molecule has 2 heterocycles. The van der Waals surface area contributed by atoms with Crippen LogP contribution in [-0.4, -0.2) is 19.1 Å². The Hall–Kier alpha value is -2.84. The highest BCUT2D eigenvalue weighted by Crippen LogP contribution is 2.27. The number of halogens is 2. The van der Waals surface area contributed by atoms with Crippen molar-refractivity contribution in [2.24, 2.45) is 7.05 Å². The van der Waals surface area contributed by atoms with Crippen molar-refractivity contribution in [2.75, 3.05) is 0 Å². The first-order valence-electron chi connectivity index (χ1n) is 8.74. The molecule has 4 rings (SSSR count). The van der Waals surface area contributed by atoms with Crippen LogP contribution in [0.3, 0.4) is 0 Å². The van der Waals surface area contributed by atoms with Gasteiger partial charge in [0.15, 0.2) is 16.3 Å². The minimum absolute atomic E-state index is 0.299. The lowest BCUT2D eigenvalue weighted by molar-refractivity contribution is 0.627. The third-order valence-corrected chi connectivity index (χ3v) is 5.96. The molecule has 0 amide bonds. The number of benzene rings is 2. The quantitative estimate of drug-likeness (QED) is 0.491. The summed E-state index contributed by atoms with van der Waals surface area (Å²) in [7, 11) is 1.56. The van der Waals surface area contributed by atoms with Gasteiger partial charge in [-0.1, -0.05) is 53.7 Å². The number of aromatic amines is 1. The van der Waals surface area contributed by atoms with Crippen LogP contribution in [0.5, 0.6) is 0 Å². The predicted octanol–water partition coefficient (Wildman–Crippen LogP) is 3.56. The number of imidazole rings is 1. The fourth-order valence-corrected chi connectivity index (χ4v) is 4.14. The molecule has 0 unspecified atom stereocenters. The van der Waals surface area contributed by atoms with Crippen molar-refractivity contribution in [1.82, 2.24) is 19.1 Å². The largest absolute Gasteiger partial charge is 0.329 e. The zero-order valence-corrected chi connectivity index (χ0v) is 16.9. The smallest absolute Gasteiger partial charge is 0.309 e. The van der Waals surface area contributed by atoms with E-state index >= 15 is 0 Å². The summed E-state index contributed by atoms with van der Waals surface area (Å²) in [5, 5.41) is 1.14. The standard InChI is InChI=1S/C20H16ClFN4O2S/c1-25-17-16(18(27)24-19(25)28)26(10-13-4-2-3-5-15(13)21)20(23-17)29-11-12-6-8-14(22)9-7-12/h2-9H,10-11H2,1H3,(H,24,27,28). The topological polar surface area (TPSA) is 72.7 Å². The summed E-state index contributed by atoms with van der Waals surface area (Å²) >= 11 is 7.71. The molecule has 6 nitrogen and oxygen atoms in total. The van der Waals surface area contributed by atoms with Gasteiger partial charge in [0.1, 0.15) is 5.82 Å². The van der Waals surface area contributed by atoms with Gasteiger partial charge in [0, 0.05) is 17.8 Å². The number of rotatable bonds is 5. The average Bonchev–Trinajstić information content (AvgIpc) is 3.06. The molecular weight excluding hydrogens is 415 g/mol. The number of fused-ring (bicyclic) bond motifs is 1. The molecule has 4 aromatic rings. The van der Waals surface area contributed by atoms with Gasteiger partial charge in [-0.15, -0.1) is 0 Å². The van der Waals surface area contributed by atoms with Crippen LogP contribution < -0.4 is 11.2 Å². The number of hydrogen-bond acceptors (Lipinski definition) is 4. The molecular formula is C20H16ClFN4O2S. The van der Waals surface area contributed by atoms with Crippen molar-refractivity contribution in [1.29, 1.82) is 0 Å². The molecule has 0 aliphatic rings. The number of hydrogen-bond donors (Lipinski definition) is 1. The van der Waals surface area contributed by atoms with Gasteiger partial charge in [-0.2, -0.15) is 0 Å². The molecule has 2 aromatic carbocycles. The van der Waals surface area contributed by atoms with Gasteiger partial charge in [0.05, 0.1) is 6.54 Å². The van der Waals surface area contributed by atoms with Crippen molar-refractivity contribution >= 4 is 34.5 Å². The molecule has 1 N–H and O–H groups in total. The van der Waals surface area contributed by atoms with Crippen molar-refractivity contribution in [2.45, 2.75) is 17.5 Å². The van der Waals surface area contributed by atoms with E-state index in [0.29, 0.717) is 33.6 Å². The van der Waals surface area contributed by atoms with Crippen molar-refractivity contribution in [3.63, 3.8) is 0 Å². The lowest BCUT2D eigenvalue weighted by Crippen LogP contribution is -2.29. The second kappa shape index (κ2) is 7.88. The summed E-state index contributed by atoms with van der Waals surface area (Å²) in [5.74, 6) is 0.226. The van der Waals surface area contributed by atoms with E-state index in [-0.39, 0.29) is 5.82 Å². The summed E-state index contributed by atoms with van der Waals surface area (Å²) in [6, 6.07) is 13.6. The number of aromatic nitrogens is 4. The molecule has 0 saturated carbocycles. The summed E-state index contributed by atoms with van der Waals surface area (Å²) in [5.41, 5.74) is 1.30. The summed E-state index contributed by atoms with van der Waals surface area (Å²) < 4.78 is 16.2. The van der Waals surface area contributed by atoms with Gasteiger partial charge in [0.2, 0.25) is 0 Å². The van der Waals surface area contributed by atoms with Crippen LogP contribution in [-0.2, 0) is 19.3 Å². The van der Waals surface area contributed by atoms with E-state index in [1.807, 2.05) is 18.2 Å². The number of aryl methyl sites for hydroxylation is 1. The van der Waals surface area contributed by atoms with Gasteiger partial charge >= 0.3 is 5.69 Å². The predicted molar refractivity (Wildman–Crippen MR) is 112 cm³/mol. The van der Waals surface area contributed by atoms with Gasteiger partial charge in [-0.05, 0) is 29.3 Å². The lowest BCUT2D eigenvalue weighted by Gasteiger charge is -2.10. The normalized spacial score (nSPS) is 11.3. The maximum Gasteiger partial charge on any atom is 0.329 e. The molecule has 0 bridgehead atoms. The Morgan fingerprint density at radius 1 is 1.14 bits per heavy atom. The maximum atomic E-state index is 13.2. The summed E-state index contributed by atoms with van der Waals surface area (Å²) in [6.07, 6.45) is 0. The second-order valence-corrected chi connectivity index (χ2v) is 7.83. The minimum Gasteiger partial charge on any atom is -0.309 e. The van der Waals surface area contributed by atoms with Crippen LogP contribution in [0.1, 0.15) is 11.1 Å². The molecule has 148 valence electrons. The van der Waals surface area contributed by atoms with E-state index in [1.54, 1.807) is 29.8 Å². The number of H-pyrrole nitrogens is 1. The Morgan fingerprint density at radius 2 is 1.86 bits per heavy atom. The SMILES string of the molecule is Cn1c(=O)[nH]c(=O)c2c1nc(SCc1ccc(F)cc1)n2Cc1ccccc1Cl. The van der Waals surface area contributed by atoms with Crippen LogP contribution >= 0.6 is 23.4 Å². The van der Waals surface area contributed by atoms with Crippen LogP contribution in [0.15, 0.2) is 63.3 Å². The third kappa shape index (κ3) is 3.86. The van der Waals surface area contributed by atoms with E-state index in [1.165, 1.54) is 28.5 Å². The summed E-state index contributed by atoms with van der Waals surface area (Å²) in [6.45, 7) is 0.323. The van der Waals surface area contributed by atoms with Crippen molar-refractivity contribution in [3.8, 4) is 0 Å². The molecule has 0 saturated heterocycles. The maximum absolute atomic E-state index is 13.2. The van der Waals surface area contributed by atoms with Crippen LogP contribution in [0.25, 0.3) is 11.2 Å². The lowest BCUT2D eigenvalue weighted by atomic mass is 10.2. The van der Waals surface area contributed by atoms with E-state index in [9.17, 15) is 14.0 Å². The highest BCUT2D eigenvalue weighted by atomic mass is 35.5. The fourth-order valence-electron chi connectivity index (χ4n) is 3.00. The molecule has 2 aromatic heterocycles. The molecule has 0 atom stereocenters. The Kier molecular flexibility index (Phi) is 5.29. The van der Waals surface area contributed by atoms with Gasteiger partial charge in [-0.25, -0.2) is 14.2 Å². The Bertz CT molecular complexity index is 1310. The second-order valence-electron chi connectivity index (χ2n) is 6.48. The van der Waals surface area contributed by atoms with Crippen LogP contribution in [0, 0.1) is 5.82 Å². The Balaban J connectivity index is 1.81. The van der Waals surface area contributed by atoms with E-state index < -0.39 is 11.2 Å². The molecule has 0 aliphatic carbocycles. The average molecular weight is 431 g/mol. The number of thioether (sulfide) groups is 1. The highest BCUT2D eigenvalue weighted by Gasteiger charge is 2.18. The number of nitrogens with one attached hydrogen (secondary N) is 1. The van der Waals surface area contributed by atoms with Crippen LogP contribution in [0.4, 0.5) is 4.39 Å². The van der Waals surface area contributed by atoms with Crippen LogP contribution in [0.2, 0.25) is 5.02 Å². The van der Waals surface area contributed by atoms with Crippen molar-refractivity contribution < 1.29 is 4.39 Å². The molecule has 29 heavy (non-hydrogen) atoms. The first-order valence-corrected chi connectivity index (χ1v) is 10.1. The third-order valence-electron chi connectivity index (χ3n) is 4.54. The Labute approximate surface area is 174 Å². The van der Waals surface area contributed by atoms with Crippen molar-refractivity contribution in [3.05, 3.63) is 91.3 Å². The first-order chi connectivity index (χ1) is 13.9. The van der Waals surface area contributed by atoms with Gasteiger partial charge < -0.3 is 4.57 Å². The minimum atomic E-state index is -0.528. The zero-order chi connectivity index (χ0) is 20.5. The zero-order valence-electron chi connectivity index (χ0n) is 15.4. The molecule has 0 radical (unpaired) electrons. The fraction of sp³-hybridized carbons (Fsp3) is 0.150. The molecule has 0 aliphatic heterocycles. The van der Waals surface area contributed by atoms with Gasteiger partial charge in [-0.3, -0.25) is 14.3 Å². The molecule has 0 spiro atoms. The summed E-state index contributed by atoms with van der Waals surface area (Å²) in [4.78, 5) is 31.4. The monoisotopic (exact) mass is 430 g/mol. The highest BCUT2D eigenvalue weighted by molar-refractivity contribution is 7.98. The van der Waals surface area contributed by atoms with Gasteiger partial charge in [0.25, 0.3) is 5.56 Å². The molecule has 9 heteroatoms. The van der Waals surface area contributed by atoms with E-state index in [4.69, 9.17) is 11.6 Å². The molecule has 0 fully saturated rings. The van der Waals surface area contributed by atoms with E-state index in [0.717, 1.165) is 11.1 Å². The Morgan fingerprint density at radius 3 is 2.59 bits per heavy atom. The number of nitrogens with zero attached hydrogens (tertiary/aromatic N) is 3. The first kappa shape index (κ1) is 19.5.